The van der Waals surface area contributed by atoms with Crippen LogP contribution in [0.1, 0.15) is 27.2 Å². The molecule has 0 spiro atoms. The van der Waals surface area contributed by atoms with E-state index in [1.807, 2.05) is 36.4 Å². The highest BCUT2D eigenvalue weighted by Gasteiger charge is 2.52. The molecule has 186 valence electrons. The van der Waals surface area contributed by atoms with Gasteiger partial charge in [0.25, 0.3) is 8.32 Å². The molecule has 2 atom stereocenters. The van der Waals surface area contributed by atoms with Gasteiger partial charge in [-0.25, -0.2) is 4.79 Å². The molecule has 0 aromatic heterocycles. The van der Waals surface area contributed by atoms with E-state index in [0.29, 0.717) is 19.6 Å². The number of alkyl halides is 3. The maximum Gasteiger partial charge on any atom is 0.404 e. The van der Waals surface area contributed by atoms with Crippen LogP contribution in [0.5, 0.6) is 0 Å². The van der Waals surface area contributed by atoms with Gasteiger partial charge in [0.2, 0.25) is 0 Å². The van der Waals surface area contributed by atoms with Gasteiger partial charge < -0.3 is 14.9 Å². The van der Waals surface area contributed by atoms with Crippen molar-refractivity contribution in [2.24, 2.45) is 11.7 Å². The molecule has 3 rings (SSSR count). The van der Waals surface area contributed by atoms with Gasteiger partial charge in [-0.2, -0.15) is 13.2 Å². The predicted octanol–water partition coefficient (Wildman–Crippen LogP) is 3.91. The largest absolute Gasteiger partial charge is 0.444 e. The van der Waals surface area contributed by atoms with E-state index >= 15 is 0 Å². The van der Waals surface area contributed by atoms with Crippen LogP contribution in [0.2, 0.25) is 5.04 Å². The number of nitrogens with zero attached hydrogens (tertiary/aromatic N) is 1. The van der Waals surface area contributed by atoms with Gasteiger partial charge in [-0.3, -0.25) is 4.90 Å². The van der Waals surface area contributed by atoms with Crippen molar-refractivity contribution in [2.75, 3.05) is 26.2 Å². The van der Waals surface area contributed by atoms with Gasteiger partial charge in [0, 0.05) is 26.2 Å². The fraction of sp³-hybridized carbons (Fsp3) is 0.480. The Balaban J connectivity index is 1.74. The summed E-state index contributed by atoms with van der Waals surface area (Å²) < 4.78 is 51.8. The van der Waals surface area contributed by atoms with Crippen molar-refractivity contribution in [1.29, 1.82) is 0 Å². The number of hydrogen-bond acceptors (Lipinski definition) is 4. The molecule has 1 amide bonds. The van der Waals surface area contributed by atoms with Crippen molar-refractivity contribution in [3.63, 3.8) is 0 Å². The molecular formula is C25H33F3N2O3Si. The van der Waals surface area contributed by atoms with Crippen LogP contribution in [0, 0.1) is 5.92 Å². The molecule has 0 saturated carbocycles. The number of carbonyl (C=O) groups excluding carboxylic acids is 1. The second-order valence-corrected chi connectivity index (χ2v) is 14.1. The third-order valence-electron chi connectivity index (χ3n) is 6.38. The van der Waals surface area contributed by atoms with Gasteiger partial charge in [0.15, 0.2) is 0 Å². The molecule has 0 aliphatic carbocycles. The minimum absolute atomic E-state index is 0.00628. The zero-order chi connectivity index (χ0) is 25.0. The average Bonchev–Trinajstić information content (AvgIpc) is 3.16. The van der Waals surface area contributed by atoms with E-state index in [9.17, 15) is 18.0 Å². The highest BCUT2D eigenvalue weighted by Crippen LogP contribution is 2.37. The summed E-state index contributed by atoms with van der Waals surface area (Å²) in [6, 6.07) is 20.4. The van der Waals surface area contributed by atoms with Crippen molar-refractivity contribution in [1.82, 2.24) is 4.90 Å². The van der Waals surface area contributed by atoms with E-state index in [1.54, 1.807) is 4.90 Å². The van der Waals surface area contributed by atoms with Crippen LogP contribution in [-0.4, -0.2) is 57.8 Å². The van der Waals surface area contributed by atoms with Crippen LogP contribution < -0.4 is 16.1 Å². The molecule has 1 fully saturated rings. The maximum absolute atomic E-state index is 13.4. The van der Waals surface area contributed by atoms with Crippen molar-refractivity contribution < 1.29 is 27.1 Å². The van der Waals surface area contributed by atoms with Gasteiger partial charge in [0.1, 0.15) is 12.0 Å². The number of nitrogens with two attached hydrogens (primary N) is 1. The molecule has 34 heavy (non-hydrogen) atoms. The highest BCUT2D eigenvalue weighted by molar-refractivity contribution is 6.99. The van der Waals surface area contributed by atoms with Crippen molar-refractivity contribution in [3.05, 3.63) is 60.7 Å². The van der Waals surface area contributed by atoms with E-state index in [0.717, 1.165) is 10.4 Å². The third kappa shape index (κ3) is 5.82. The summed E-state index contributed by atoms with van der Waals surface area (Å²) in [6.45, 7) is 7.14. The van der Waals surface area contributed by atoms with Crippen LogP contribution in [0.15, 0.2) is 60.7 Å². The predicted molar refractivity (Wildman–Crippen MR) is 129 cm³/mol. The minimum atomic E-state index is -4.46. The fourth-order valence-electron chi connectivity index (χ4n) is 4.89. The van der Waals surface area contributed by atoms with Crippen molar-refractivity contribution >= 4 is 24.8 Å². The van der Waals surface area contributed by atoms with E-state index in [4.69, 9.17) is 14.9 Å². The van der Waals surface area contributed by atoms with Crippen LogP contribution >= 0.6 is 0 Å². The molecule has 1 aliphatic rings. The Morgan fingerprint density at radius 1 is 1.00 bits per heavy atom. The molecule has 5 nitrogen and oxygen atoms in total. The second kappa shape index (κ2) is 10.5. The first kappa shape index (κ1) is 26.2. The summed E-state index contributed by atoms with van der Waals surface area (Å²) in [6.07, 6.45) is -6.37. The number of benzene rings is 2. The number of hydrogen-bond donors (Lipinski definition) is 1. The number of likely N-dealkylation sites (tertiary alicyclic amines) is 1. The number of halogens is 3. The molecule has 1 saturated heterocycles. The van der Waals surface area contributed by atoms with Crippen molar-refractivity contribution in [3.8, 4) is 0 Å². The van der Waals surface area contributed by atoms with Gasteiger partial charge in [-0.1, -0.05) is 81.4 Å². The highest BCUT2D eigenvalue weighted by atomic mass is 28.4. The summed E-state index contributed by atoms with van der Waals surface area (Å²) in [7, 11) is -2.69. The Labute approximate surface area is 200 Å². The molecule has 2 aromatic rings. The first-order valence-corrected chi connectivity index (χ1v) is 13.4. The smallest absolute Gasteiger partial charge is 0.404 e. The Morgan fingerprint density at radius 3 is 1.97 bits per heavy atom. The first-order valence-electron chi connectivity index (χ1n) is 11.5. The van der Waals surface area contributed by atoms with E-state index < -0.39 is 32.6 Å². The maximum atomic E-state index is 13.4. The number of rotatable bonds is 8. The van der Waals surface area contributed by atoms with E-state index in [1.165, 1.54) is 0 Å². The Morgan fingerprint density at radius 2 is 1.53 bits per heavy atom. The van der Waals surface area contributed by atoms with Crippen LogP contribution in [0.25, 0.3) is 0 Å². The first-order chi connectivity index (χ1) is 15.9. The number of ether oxygens (including phenoxy) is 1. The molecular weight excluding hydrogens is 461 g/mol. The normalized spacial score (nSPS) is 19.8. The molecule has 9 heteroatoms. The zero-order valence-corrected chi connectivity index (χ0v) is 20.8. The lowest BCUT2D eigenvalue weighted by molar-refractivity contribution is -0.188. The summed E-state index contributed by atoms with van der Waals surface area (Å²) >= 11 is 0. The fourth-order valence-corrected chi connectivity index (χ4v) is 9.50. The lowest BCUT2D eigenvalue weighted by Gasteiger charge is -2.43. The van der Waals surface area contributed by atoms with E-state index in [-0.39, 0.29) is 18.1 Å². The van der Waals surface area contributed by atoms with Gasteiger partial charge >= 0.3 is 12.3 Å². The zero-order valence-electron chi connectivity index (χ0n) is 19.8. The molecule has 0 radical (unpaired) electrons. The van der Waals surface area contributed by atoms with Crippen LogP contribution in [-0.2, 0) is 9.16 Å². The second-order valence-electron chi connectivity index (χ2n) is 9.75. The summed E-state index contributed by atoms with van der Waals surface area (Å²) in [5, 5.41) is 2.13. The molecule has 2 N–H and O–H groups in total. The average molecular weight is 495 g/mol. The molecule has 1 aliphatic heterocycles. The Bertz CT molecular complexity index is 896. The monoisotopic (exact) mass is 494 g/mol. The van der Waals surface area contributed by atoms with E-state index in [2.05, 4.69) is 45.0 Å². The summed E-state index contributed by atoms with van der Waals surface area (Å²) in [5.41, 5.74) is 4.98. The molecule has 2 unspecified atom stereocenters. The van der Waals surface area contributed by atoms with Crippen LogP contribution in [0.4, 0.5) is 18.0 Å². The Hall–Kier alpha value is -2.36. The number of carbonyl (C=O) groups is 1. The van der Waals surface area contributed by atoms with Crippen LogP contribution in [0.3, 0.4) is 0 Å². The van der Waals surface area contributed by atoms with Gasteiger partial charge in [-0.05, 0) is 21.8 Å². The quantitative estimate of drug-likeness (QED) is 0.447. The van der Waals surface area contributed by atoms with Gasteiger partial charge in [0.05, 0.1) is 0 Å². The molecule has 2 aromatic carbocycles. The minimum Gasteiger partial charge on any atom is -0.444 e. The number of amides is 1. The number of primary amides is 1. The summed E-state index contributed by atoms with van der Waals surface area (Å²) in [5.74, 6) is -1.74. The summed E-state index contributed by atoms with van der Waals surface area (Å²) in [4.78, 5) is 12.7. The third-order valence-corrected chi connectivity index (χ3v) is 11.4. The standard InChI is InChI=1S/C25H33F3N2O3Si/c1-24(2,3)34(19-11-6-4-7-12-19,20-13-8-5-9-14-20)32-16-10-15-30-17-21(25(26,27)28)22(18-30)33-23(29)31/h4-9,11-14,21-22H,10,15-18H2,1-3H3,(H2,29,31). The lowest BCUT2D eigenvalue weighted by atomic mass is 10.1. The lowest BCUT2D eigenvalue weighted by Crippen LogP contribution is -2.66. The molecule has 0 bridgehead atoms. The SMILES string of the molecule is CC(C)(C)[Si](OCCCN1CC(OC(N)=O)C(C(F)(F)F)C1)(c1ccccc1)c1ccccc1. The Kier molecular flexibility index (Phi) is 8.10. The molecule has 1 heterocycles. The van der Waals surface area contributed by atoms with Crippen molar-refractivity contribution in [2.45, 2.75) is 44.5 Å². The topological polar surface area (TPSA) is 64.8 Å². The van der Waals surface area contributed by atoms with Gasteiger partial charge in [-0.15, -0.1) is 0 Å².